The summed E-state index contributed by atoms with van der Waals surface area (Å²) < 4.78 is 12.7. The van der Waals surface area contributed by atoms with Gasteiger partial charge in [-0.1, -0.05) is 24.3 Å². The van der Waals surface area contributed by atoms with Crippen LogP contribution in [0.15, 0.2) is 59.8 Å². The number of anilines is 1. The summed E-state index contributed by atoms with van der Waals surface area (Å²) >= 11 is 0. The highest BCUT2D eigenvalue weighted by Gasteiger charge is 2.34. The number of methoxy groups -OCH3 is 1. The highest BCUT2D eigenvalue weighted by atomic mass is 16.5. The van der Waals surface area contributed by atoms with Gasteiger partial charge in [0.15, 0.2) is 0 Å². The Balaban J connectivity index is 1.94. The van der Waals surface area contributed by atoms with Crippen molar-refractivity contribution in [3.8, 4) is 5.75 Å². The molecule has 0 aliphatic carbocycles. The Labute approximate surface area is 157 Å². The van der Waals surface area contributed by atoms with E-state index in [0.29, 0.717) is 18.1 Å². The quantitative estimate of drug-likeness (QED) is 0.712. The number of carbonyl (C=O) groups excluding carboxylic acids is 1. The van der Waals surface area contributed by atoms with E-state index in [2.05, 4.69) is 9.88 Å². The van der Waals surface area contributed by atoms with Gasteiger partial charge < -0.3 is 14.8 Å². The largest absolute Gasteiger partial charge is 0.497 e. The molecule has 0 amide bonds. The smallest absolute Gasteiger partial charge is 0.338 e. The van der Waals surface area contributed by atoms with Crippen LogP contribution in [0.5, 0.6) is 5.75 Å². The van der Waals surface area contributed by atoms with Crippen LogP contribution in [0, 0.1) is 0 Å². The molecule has 2 heterocycles. The maximum atomic E-state index is 12.8. The van der Waals surface area contributed by atoms with E-state index in [-0.39, 0.29) is 12.0 Å². The molecule has 1 aromatic heterocycles. The Morgan fingerprint density at radius 1 is 1.19 bits per heavy atom. The van der Waals surface area contributed by atoms with Crippen molar-refractivity contribution >= 4 is 23.0 Å². The number of fused-ring (bicyclic) bond motifs is 3. The summed E-state index contributed by atoms with van der Waals surface area (Å²) in [6.45, 7) is 4.01. The molecular weight excluding hydrogens is 342 g/mol. The zero-order valence-electron chi connectivity index (χ0n) is 15.5. The number of hydrogen-bond acceptors (Lipinski definition) is 5. The lowest BCUT2D eigenvalue weighted by Crippen LogP contribution is -2.29. The normalized spacial score (nSPS) is 16.0. The van der Waals surface area contributed by atoms with Gasteiger partial charge in [0.1, 0.15) is 5.75 Å². The molecule has 4 rings (SSSR count). The molecule has 1 N–H and O–H groups in total. The van der Waals surface area contributed by atoms with Crippen molar-refractivity contribution in [2.75, 3.05) is 19.0 Å². The molecule has 0 fully saturated rings. The molecule has 1 aliphatic rings. The number of allylic oxidation sites excluding steroid dienone is 1. The van der Waals surface area contributed by atoms with E-state index in [1.807, 2.05) is 62.4 Å². The average Bonchev–Trinajstić information content (AvgIpc) is 3.05. The molecule has 0 spiro atoms. The fraction of sp³-hybridized carbons (Fsp3) is 0.238. The van der Waals surface area contributed by atoms with Crippen LogP contribution in [0.1, 0.15) is 25.5 Å². The standard InChI is InChI=1S/C21H21N3O3/c1-4-27-20(25)18-13(2)22-21-23-16-7-5-6-8-17(16)24(21)19(18)14-9-11-15(26-3)12-10-14/h5-12,19H,4H2,1-3H3,(H,22,23)/t19-/m1/s1. The molecule has 138 valence electrons. The zero-order valence-corrected chi connectivity index (χ0v) is 15.5. The Bertz CT molecular complexity index is 1030. The third-order valence-corrected chi connectivity index (χ3v) is 4.76. The van der Waals surface area contributed by atoms with Crippen molar-refractivity contribution in [2.24, 2.45) is 0 Å². The van der Waals surface area contributed by atoms with Crippen molar-refractivity contribution in [3.63, 3.8) is 0 Å². The first-order valence-electron chi connectivity index (χ1n) is 8.90. The number of para-hydroxylation sites is 2. The minimum Gasteiger partial charge on any atom is -0.497 e. The van der Waals surface area contributed by atoms with Crippen LogP contribution in [-0.2, 0) is 9.53 Å². The minimum atomic E-state index is -0.335. The number of hydrogen-bond donors (Lipinski definition) is 1. The summed E-state index contributed by atoms with van der Waals surface area (Å²) in [4.78, 5) is 17.5. The number of imidazole rings is 1. The highest BCUT2D eigenvalue weighted by molar-refractivity contribution is 5.94. The van der Waals surface area contributed by atoms with E-state index in [4.69, 9.17) is 14.5 Å². The number of nitrogens with one attached hydrogen (secondary N) is 1. The van der Waals surface area contributed by atoms with Gasteiger partial charge in [-0.05, 0) is 43.7 Å². The molecule has 0 unspecified atom stereocenters. The summed E-state index contributed by atoms with van der Waals surface area (Å²) in [6.07, 6.45) is 0. The number of aromatic nitrogens is 2. The molecule has 27 heavy (non-hydrogen) atoms. The van der Waals surface area contributed by atoms with Crippen molar-refractivity contribution in [3.05, 3.63) is 65.4 Å². The van der Waals surface area contributed by atoms with Gasteiger partial charge in [0.25, 0.3) is 0 Å². The monoisotopic (exact) mass is 363 g/mol. The second-order valence-corrected chi connectivity index (χ2v) is 6.35. The van der Waals surface area contributed by atoms with E-state index < -0.39 is 0 Å². The fourth-order valence-electron chi connectivity index (χ4n) is 3.54. The van der Waals surface area contributed by atoms with Crippen LogP contribution < -0.4 is 10.1 Å². The lowest BCUT2D eigenvalue weighted by molar-refractivity contribution is -0.139. The van der Waals surface area contributed by atoms with E-state index in [0.717, 1.165) is 28.0 Å². The summed E-state index contributed by atoms with van der Waals surface area (Å²) in [5.74, 6) is 1.15. The fourth-order valence-corrected chi connectivity index (χ4v) is 3.54. The summed E-state index contributed by atoms with van der Waals surface area (Å²) in [5, 5.41) is 3.27. The van der Waals surface area contributed by atoms with Crippen LogP contribution >= 0.6 is 0 Å². The molecule has 3 aromatic rings. The Morgan fingerprint density at radius 2 is 1.93 bits per heavy atom. The summed E-state index contributed by atoms with van der Waals surface area (Å²) in [6, 6.07) is 15.3. The predicted octanol–water partition coefficient (Wildman–Crippen LogP) is 3.90. The van der Waals surface area contributed by atoms with Gasteiger partial charge in [-0.15, -0.1) is 0 Å². The highest BCUT2D eigenvalue weighted by Crippen LogP contribution is 2.39. The van der Waals surface area contributed by atoms with Crippen molar-refractivity contribution in [1.29, 1.82) is 0 Å². The van der Waals surface area contributed by atoms with Gasteiger partial charge in [0, 0.05) is 5.70 Å². The third-order valence-electron chi connectivity index (χ3n) is 4.76. The van der Waals surface area contributed by atoms with Gasteiger partial charge in [-0.25, -0.2) is 9.78 Å². The molecule has 6 nitrogen and oxygen atoms in total. The molecule has 0 radical (unpaired) electrons. The molecule has 2 aromatic carbocycles. The first-order chi connectivity index (χ1) is 13.1. The summed E-state index contributed by atoms with van der Waals surface area (Å²) in [5.41, 5.74) is 4.12. The summed E-state index contributed by atoms with van der Waals surface area (Å²) in [7, 11) is 1.63. The SMILES string of the molecule is CCOC(=O)C1=C(C)Nc2nc3ccccc3n2[C@@H]1c1ccc(OC)cc1. The number of rotatable bonds is 4. The second kappa shape index (κ2) is 6.79. The van der Waals surface area contributed by atoms with Crippen LogP contribution in [0.2, 0.25) is 0 Å². The number of benzene rings is 2. The molecule has 6 heteroatoms. The van der Waals surface area contributed by atoms with Crippen molar-refractivity contribution < 1.29 is 14.3 Å². The van der Waals surface area contributed by atoms with Gasteiger partial charge in [-0.3, -0.25) is 4.57 Å². The topological polar surface area (TPSA) is 65.4 Å². The molecule has 0 saturated carbocycles. The number of esters is 1. The second-order valence-electron chi connectivity index (χ2n) is 6.35. The minimum absolute atomic E-state index is 0.322. The van der Waals surface area contributed by atoms with Gasteiger partial charge in [-0.2, -0.15) is 0 Å². The van der Waals surface area contributed by atoms with E-state index >= 15 is 0 Å². The predicted molar refractivity (Wildman–Crippen MR) is 104 cm³/mol. The number of ether oxygens (including phenoxy) is 2. The maximum Gasteiger partial charge on any atom is 0.338 e. The average molecular weight is 363 g/mol. The zero-order chi connectivity index (χ0) is 19.0. The van der Waals surface area contributed by atoms with Crippen LogP contribution in [0.25, 0.3) is 11.0 Å². The number of nitrogens with zero attached hydrogens (tertiary/aromatic N) is 2. The van der Waals surface area contributed by atoms with Crippen molar-refractivity contribution in [2.45, 2.75) is 19.9 Å². The van der Waals surface area contributed by atoms with Crippen molar-refractivity contribution in [1.82, 2.24) is 9.55 Å². The Hall–Kier alpha value is -3.28. The van der Waals surface area contributed by atoms with E-state index in [9.17, 15) is 4.79 Å². The molecule has 1 aliphatic heterocycles. The molecule has 0 saturated heterocycles. The Kier molecular flexibility index (Phi) is 4.32. The van der Waals surface area contributed by atoms with Gasteiger partial charge >= 0.3 is 5.97 Å². The van der Waals surface area contributed by atoms with E-state index in [1.165, 1.54) is 0 Å². The maximum absolute atomic E-state index is 12.8. The third kappa shape index (κ3) is 2.83. The number of carbonyl (C=O) groups is 1. The first kappa shape index (κ1) is 17.1. The lowest BCUT2D eigenvalue weighted by atomic mass is 9.95. The molecule has 0 bridgehead atoms. The lowest BCUT2D eigenvalue weighted by Gasteiger charge is -2.30. The first-order valence-corrected chi connectivity index (χ1v) is 8.90. The van der Waals surface area contributed by atoms with Crippen LogP contribution in [0.3, 0.4) is 0 Å². The van der Waals surface area contributed by atoms with Crippen LogP contribution in [0.4, 0.5) is 5.95 Å². The molecular formula is C21H21N3O3. The Morgan fingerprint density at radius 3 is 2.63 bits per heavy atom. The molecule has 1 atom stereocenters. The van der Waals surface area contributed by atoms with Gasteiger partial charge in [0.2, 0.25) is 5.95 Å². The van der Waals surface area contributed by atoms with Crippen LogP contribution in [-0.4, -0.2) is 29.2 Å². The van der Waals surface area contributed by atoms with E-state index in [1.54, 1.807) is 7.11 Å². The van der Waals surface area contributed by atoms with Gasteiger partial charge in [0.05, 0.1) is 36.4 Å².